The van der Waals surface area contributed by atoms with Crippen LogP contribution < -0.4 is 10.1 Å². The molecular formula is C21H21F3N4O5. The Morgan fingerprint density at radius 3 is 2.79 bits per heavy atom. The number of hydrogen-bond donors (Lipinski definition) is 3. The van der Waals surface area contributed by atoms with Crippen molar-refractivity contribution in [3.63, 3.8) is 0 Å². The Morgan fingerprint density at radius 2 is 2.09 bits per heavy atom. The highest BCUT2D eigenvalue weighted by molar-refractivity contribution is 6.07. The first-order valence-electron chi connectivity index (χ1n) is 9.94. The van der Waals surface area contributed by atoms with Gasteiger partial charge in [-0.1, -0.05) is 0 Å². The monoisotopic (exact) mass is 466 g/mol. The first-order valence-corrected chi connectivity index (χ1v) is 9.94. The summed E-state index contributed by atoms with van der Waals surface area (Å²) in [4.78, 5) is 29.9. The second-order valence-corrected chi connectivity index (χ2v) is 7.55. The lowest BCUT2D eigenvalue weighted by atomic mass is 10.1. The van der Waals surface area contributed by atoms with Gasteiger partial charge in [0.05, 0.1) is 30.2 Å². The number of nitrogens with zero attached hydrogens (tertiary/aromatic N) is 3. The summed E-state index contributed by atoms with van der Waals surface area (Å²) in [5, 5.41) is 30.6. The van der Waals surface area contributed by atoms with Gasteiger partial charge in [0.15, 0.2) is 0 Å². The minimum atomic E-state index is -3.16. The standard InChI is InChI=1S/C21H21F3N4O5/c22-7-17(29)18(30)10-33-13-1-2-16-15(5-13)14(3-4-26-16)20(32)27-9-19(31)28-11-21(23,24)6-12(28)8-25/h1-5,12,17-18,29-30H,6-7,9-11H2,(H,27,32)/t12-,17?,18?/m0/s1. The Bertz CT molecular complexity index is 1080. The number of nitriles is 1. The number of ether oxygens (including phenoxy) is 1. The number of carbonyl (C=O) groups excluding carboxylic acids is 2. The van der Waals surface area contributed by atoms with Crippen LogP contribution in [0.3, 0.4) is 0 Å². The maximum atomic E-state index is 13.5. The summed E-state index contributed by atoms with van der Waals surface area (Å²) in [6, 6.07) is 6.27. The normalized spacial score (nSPS) is 19.0. The van der Waals surface area contributed by atoms with Crippen molar-refractivity contribution in [1.82, 2.24) is 15.2 Å². The molecule has 0 saturated carbocycles. The Morgan fingerprint density at radius 1 is 1.33 bits per heavy atom. The van der Waals surface area contributed by atoms with E-state index in [2.05, 4.69) is 10.3 Å². The van der Waals surface area contributed by atoms with E-state index in [9.17, 15) is 33.0 Å². The van der Waals surface area contributed by atoms with E-state index in [4.69, 9.17) is 10.00 Å². The van der Waals surface area contributed by atoms with Crippen LogP contribution in [-0.4, -0.2) is 82.5 Å². The highest BCUT2D eigenvalue weighted by atomic mass is 19.3. The second-order valence-electron chi connectivity index (χ2n) is 7.55. The summed E-state index contributed by atoms with van der Waals surface area (Å²) in [5.74, 6) is -4.44. The largest absolute Gasteiger partial charge is 0.491 e. The maximum Gasteiger partial charge on any atom is 0.268 e. The lowest BCUT2D eigenvalue weighted by Crippen LogP contribution is -2.43. The van der Waals surface area contributed by atoms with Crippen LogP contribution in [0.25, 0.3) is 10.9 Å². The second kappa shape index (κ2) is 10.0. The van der Waals surface area contributed by atoms with Crippen LogP contribution in [0.15, 0.2) is 30.5 Å². The number of hydrogen-bond acceptors (Lipinski definition) is 7. The van der Waals surface area contributed by atoms with Gasteiger partial charge in [-0.05, 0) is 24.3 Å². The number of fused-ring (bicyclic) bond motifs is 1. The Hall–Kier alpha value is -3.43. The lowest BCUT2D eigenvalue weighted by Gasteiger charge is -2.19. The summed E-state index contributed by atoms with van der Waals surface area (Å²) in [6.45, 7) is -3.00. The smallest absolute Gasteiger partial charge is 0.268 e. The summed E-state index contributed by atoms with van der Waals surface area (Å²) in [6.07, 6.45) is -2.43. The number of pyridine rings is 1. The number of aliphatic hydroxyl groups is 2. The fraction of sp³-hybridized carbons (Fsp3) is 0.429. The fourth-order valence-corrected chi connectivity index (χ4v) is 3.36. The van der Waals surface area contributed by atoms with Crippen molar-refractivity contribution in [2.75, 3.05) is 26.4 Å². The molecule has 2 unspecified atom stereocenters. The molecule has 33 heavy (non-hydrogen) atoms. The molecule has 1 aliphatic heterocycles. The van der Waals surface area contributed by atoms with Crippen LogP contribution in [0.5, 0.6) is 5.75 Å². The number of aliphatic hydroxyl groups excluding tert-OH is 2. The topological polar surface area (TPSA) is 136 Å². The molecular weight excluding hydrogens is 445 g/mol. The van der Waals surface area contributed by atoms with Crippen molar-refractivity contribution in [2.45, 2.75) is 30.6 Å². The zero-order valence-electron chi connectivity index (χ0n) is 17.2. The minimum Gasteiger partial charge on any atom is -0.491 e. The highest BCUT2D eigenvalue weighted by Gasteiger charge is 2.47. The minimum absolute atomic E-state index is 0.117. The van der Waals surface area contributed by atoms with E-state index in [1.165, 1.54) is 30.5 Å². The number of alkyl halides is 3. The molecule has 176 valence electrons. The number of nitrogens with one attached hydrogen (secondary N) is 1. The number of aromatic nitrogens is 1. The molecule has 1 fully saturated rings. The number of likely N-dealkylation sites (tertiary alicyclic amines) is 1. The van der Waals surface area contributed by atoms with E-state index in [0.717, 1.165) is 4.90 Å². The molecule has 3 rings (SSSR count). The number of halogens is 3. The highest BCUT2D eigenvalue weighted by Crippen LogP contribution is 2.31. The molecule has 1 aromatic carbocycles. The van der Waals surface area contributed by atoms with Gasteiger partial charge in [0.1, 0.15) is 37.3 Å². The van der Waals surface area contributed by atoms with Crippen LogP contribution in [0.4, 0.5) is 13.2 Å². The van der Waals surface area contributed by atoms with Gasteiger partial charge < -0.3 is 25.2 Å². The van der Waals surface area contributed by atoms with Gasteiger partial charge in [0.25, 0.3) is 11.8 Å². The lowest BCUT2D eigenvalue weighted by molar-refractivity contribution is -0.131. The van der Waals surface area contributed by atoms with Gasteiger partial charge in [-0.25, -0.2) is 13.2 Å². The third kappa shape index (κ3) is 5.68. The zero-order chi connectivity index (χ0) is 24.2. The van der Waals surface area contributed by atoms with Gasteiger partial charge in [-0.3, -0.25) is 14.6 Å². The number of amides is 2. The first kappa shape index (κ1) is 24.2. The molecule has 2 heterocycles. The molecule has 9 nitrogen and oxygen atoms in total. The van der Waals surface area contributed by atoms with Crippen LogP contribution in [0.2, 0.25) is 0 Å². The van der Waals surface area contributed by atoms with Crippen molar-refractivity contribution < 1.29 is 37.7 Å². The predicted molar refractivity (Wildman–Crippen MR) is 108 cm³/mol. The maximum absolute atomic E-state index is 13.5. The van der Waals surface area contributed by atoms with E-state index < -0.39 is 68.8 Å². The van der Waals surface area contributed by atoms with Crippen LogP contribution in [0.1, 0.15) is 16.8 Å². The van der Waals surface area contributed by atoms with Crippen molar-refractivity contribution >= 4 is 22.7 Å². The molecule has 1 aliphatic rings. The Labute approximate surface area is 186 Å². The molecule has 0 bridgehead atoms. The molecule has 12 heteroatoms. The molecule has 3 N–H and O–H groups in total. The van der Waals surface area contributed by atoms with E-state index in [0.29, 0.717) is 10.9 Å². The number of rotatable bonds is 8. The summed E-state index contributed by atoms with van der Waals surface area (Å²) < 4.78 is 44.9. The third-order valence-electron chi connectivity index (χ3n) is 5.12. The van der Waals surface area contributed by atoms with Crippen molar-refractivity contribution in [3.05, 3.63) is 36.0 Å². The molecule has 2 aromatic rings. The molecule has 1 aromatic heterocycles. The van der Waals surface area contributed by atoms with E-state index in [1.807, 2.05) is 0 Å². The number of carbonyl (C=O) groups is 2. The number of benzene rings is 1. The van der Waals surface area contributed by atoms with Crippen LogP contribution >= 0.6 is 0 Å². The van der Waals surface area contributed by atoms with Crippen molar-refractivity contribution in [3.8, 4) is 11.8 Å². The van der Waals surface area contributed by atoms with Gasteiger partial charge >= 0.3 is 0 Å². The molecule has 1 saturated heterocycles. The molecule has 0 radical (unpaired) electrons. The SMILES string of the molecule is N#C[C@@H]1CC(F)(F)CN1C(=O)CNC(=O)c1ccnc2ccc(OCC(O)C(O)CF)cc12. The molecule has 0 spiro atoms. The average molecular weight is 466 g/mol. The van der Waals surface area contributed by atoms with Crippen molar-refractivity contribution in [2.24, 2.45) is 0 Å². The fourth-order valence-electron chi connectivity index (χ4n) is 3.36. The van der Waals surface area contributed by atoms with Gasteiger partial charge in [-0.2, -0.15) is 5.26 Å². The molecule has 2 amide bonds. The third-order valence-corrected chi connectivity index (χ3v) is 5.12. The Balaban J connectivity index is 1.70. The van der Waals surface area contributed by atoms with E-state index >= 15 is 0 Å². The predicted octanol–water partition coefficient (Wildman–Crippen LogP) is 0.794. The zero-order valence-corrected chi connectivity index (χ0v) is 17.2. The van der Waals surface area contributed by atoms with Crippen molar-refractivity contribution in [1.29, 1.82) is 5.26 Å². The van der Waals surface area contributed by atoms with Gasteiger partial charge in [0.2, 0.25) is 5.91 Å². The van der Waals surface area contributed by atoms with E-state index in [1.54, 1.807) is 6.07 Å². The summed E-state index contributed by atoms with van der Waals surface area (Å²) in [7, 11) is 0. The first-order chi connectivity index (χ1) is 15.6. The summed E-state index contributed by atoms with van der Waals surface area (Å²) in [5.41, 5.74) is 0.528. The Kier molecular flexibility index (Phi) is 7.35. The summed E-state index contributed by atoms with van der Waals surface area (Å²) >= 11 is 0. The van der Waals surface area contributed by atoms with Gasteiger partial charge in [0, 0.05) is 18.0 Å². The van der Waals surface area contributed by atoms with E-state index in [-0.39, 0.29) is 11.3 Å². The average Bonchev–Trinajstić information content (AvgIpc) is 3.14. The molecule has 3 atom stereocenters. The quantitative estimate of drug-likeness (QED) is 0.524. The van der Waals surface area contributed by atoms with Crippen LogP contribution in [-0.2, 0) is 4.79 Å². The van der Waals surface area contributed by atoms with Gasteiger partial charge in [-0.15, -0.1) is 0 Å². The molecule has 0 aliphatic carbocycles. The van der Waals surface area contributed by atoms with Crippen LogP contribution in [0, 0.1) is 11.3 Å².